The lowest BCUT2D eigenvalue weighted by atomic mass is 9.46. The third-order valence-corrected chi connectivity index (χ3v) is 8.81. The molecule has 0 aromatic rings. The molecular weight excluding hydrogens is 316 g/mol. The van der Waals surface area contributed by atoms with E-state index in [4.69, 9.17) is 9.47 Å². The largest absolute Gasteiger partial charge is 0.393 e. The topological polar surface area (TPSA) is 58.9 Å². The molecule has 5 aliphatic rings. The summed E-state index contributed by atoms with van der Waals surface area (Å²) < 4.78 is 12.3. The molecule has 3 saturated carbocycles. The molecule has 0 amide bonds. The first-order valence-corrected chi connectivity index (χ1v) is 10.2. The van der Waals surface area contributed by atoms with E-state index in [1.54, 1.807) is 0 Å². The predicted octanol–water partition coefficient (Wildman–Crippen LogP) is 3.02. The van der Waals surface area contributed by atoms with Crippen LogP contribution in [0.25, 0.3) is 0 Å². The average Bonchev–Trinajstić information content (AvgIpc) is 3.15. The van der Waals surface area contributed by atoms with Crippen LogP contribution in [0.5, 0.6) is 0 Å². The molecule has 0 aromatic carbocycles. The maximum atomic E-state index is 11.3. The number of hydrogen-bond acceptors (Lipinski definition) is 4. The molecule has 7 atom stereocenters. The van der Waals surface area contributed by atoms with Crippen LogP contribution in [-0.2, 0) is 9.47 Å². The standard InChI is InChI=1S/C21H32O4/c1-19-7-5-14(22)11-13(19)3-4-15-16-6-8-21(24-9-10-25-21)20(16,2)12-17(23)18(15)19/h3,14-18,22-23H,4-12H2,1-2H3/t14-,15-,16-,17-,18+,19-,20-/m0/s1. The van der Waals surface area contributed by atoms with E-state index < -0.39 is 5.79 Å². The van der Waals surface area contributed by atoms with E-state index in [0.29, 0.717) is 31.0 Å². The smallest absolute Gasteiger partial charge is 0.174 e. The Bertz CT molecular complexity index is 595. The van der Waals surface area contributed by atoms with Crippen molar-refractivity contribution in [3.63, 3.8) is 0 Å². The number of rotatable bonds is 0. The van der Waals surface area contributed by atoms with E-state index in [1.807, 2.05) is 0 Å². The third-order valence-electron chi connectivity index (χ3n) is 8.81. The molecule has 0 unspecified atom stereocenters. The first kappa shape index (κ1) is 16.7. The summed E-state index contributed by atoms with van der Waals surface area (Å²) in [6, 6.07) is 0. The zero-order valence-corrected chi connectivity index (χ0v) is 15.5. The predicted molar refractivity (Wildman–Crippen MR) is 93.7 cm³/mol. The summed E-state index contributed by atoms with van der Waals surface area (Å²) in [5.74, 6) is 0.914. The van der Waals surface area contributed by atoms with Gasteiger partial charge in [-0.25, -0.2) is 0 Å². The van der Waals surface area contributed by atoms with Crippen LogP contribution in [0.1, 0.15) is 58.8 Å². The van der Waals surface area contributed by atoms with Crippen LogP contribution in [0.15, 0.2) is 11.6 Å². The van der Waals surface area contributed by atoms with Crippen LogP contribution in [-0.4, -0.2) is 41.4 Å². The molecular formula is C21H32O4. The second kappa shape index (κ2) is 5.31. The molecule has 4 fully saturated rings. The minimum atomic E-state index is -0.461. The lowest BCUT2D eigenvalue weighted by Crippen LogP contribution is -2.59. The van der Waals surface area contributed by atoms with Gasteiger partial charge in [0.2, 0.25) is 0 Å². The normalized spacial score (nSPS) is 53.9. The van der Waals surface area contributed by atoms with E-state index in [1.165, 1.54) is 5.57 Å². The second-order valence-corrected chi connectivity index (χ2v) is 9.75. The van der Waals surface area contributed by atoms with Crippen molar-refractivity contribution >= 4 is 0 Å². The van der Waals surface area contributed by atoms with Gasteiger partial charge in [0.25, 0.3) is 0 Å². The van der Waals surface area contributed by atoms with Crippen molar-refractivity contribution in [3.05, 3.63) is 11.6 Å². The fourth-order valence-electron chi connectivity index (χ4n) is 7.65. The minimum Gasteiger partial charge on any atom is -0.393 e. The molecule has 1 heterocycles. The molecule has 0 radical (unpaired) electrons. The third kappa shape index (κ3) is 2.03. The highest BCUT2D eigenvalue weighted by Gasteiger charge is 2.68. The van der Waals surface area contributed by atoms with Crippen molar-refractivity contribution in [1.82, 2.24) is 0 Å². The number of fused-ring (bicyclic) bond motifs is 6. The summed E-state index contributed by atoms with van der Waals surface area (Å²) in [7, 11) is 0. The fraction of sp³-hybridized carbons (Fsp3) is 0.905. The zero-order valence-electron chi connectivity index (χ0n) is 15.5. The molecule has 5 rings (SSSR count). The van der Waals surface area contributed by atoms with Crippen LogP contribution < -0.4 is 0 Å². The van der Waals surface area contributed by atoms with Gasteiger partial charge in [-0.2, -0.15) is 0 Å². The maximum absolute atomic E-state index is 11.3. The Morgan fingerprint density at radius 3 is 2.60 bits per heavy atom. The molecule has 1 spiro atoms. The van der Waals surface area contributed by atoms with Crippen molar-refractivity contribution in [1.29, 1.82) is 0 Å². The van der Waals surface area contributed by atoms with Gasteiger partial charge in [-0.1, -0.05) is 25.5 Å². The number of aliphatic hydroxyl groups excluding tert-OH is 2. The van der Waals surface area contributed by atoms with E-state index in [2.05, 4.69) is 19.9 Å². The quantitative estimate of drug-likeness (QED) is 0.661. The fourth-order valence-corrected chi connectivity index (χ4v) is 7.65. The highest BCUT2D eigenvalue weighted by molar-refractivity contribution is 5.27. The van der Waals surface area contributed by atoms with Crippen molar-refractivity contribution in [2.75, 3.05) is 13.2 Å². The Morgan fingerprint density at radius 2 is 1.84 bits per heavy atom. The number of ether oxygens (including phenoxy) is 2. The Kier molecular flexibility index (Phi) is 3.55. The van der Waals surface area contributed by atoms with Crippen molar-refractivity contribution in [2.45, 2.75) is 76.8 Å². The van der Waals surface area contributed by atoms with Crippen LogP contribution >= 0.6 is 0 Å². The Hall–Kier alpha value is -0.420. The first-order valence-electron chi connectivity index (χ1n) is 10.2. The van der Waals surface area contributed by atoms with Crippen molar-refractivity contribution in [3.8, 4) is 0 Å². The second-order valence-electron chi connectivity index (χ2n) is 9.75. The van der Waals surface area contributed by atoms with Crippen molar-refractivity contribution < 1.29 is 19.7 Å². The Morgan fingerprint density at radius 1 is 1.08 bits per heavy atom. The van der Waals surface area contributed by atoms with Gasteiger partial charge in [-0.15, -0.1) is 0 Å². The summed E-state index contributed by atoms with van der Waals surface area (Å²) in [5.41, 5.74) is 1.37. The van der Waals surface area contributed by atoms with Crippen LogP contribution in [0, 0.1) is 28.6 Å². The van der Waals surface area contributed by atoms with E-state index in [0.717, 1.165) is 44.9 Å². The Balaban J connectivity index is 1.53. The number of hydrogen-bond donors (Lipinski definition) is 2. The first-order chi connectivity index (χ1) is 11.9. The van der Waals surface area contributed by atoms with Gasteiger partial charge >= 0.3 is 0 Å². The molecule has 1 aliphatic heterocycles. The van der Waals surface area contributed by atoms with Gasteiger partial charge in [0, 0.05) is 11.8 Å². The lowest BCUT2D eigenvalue weighted by molar-refractivity contribution is -0.256. The van der Waals surface area contributed by atoms with E-state index in [9.17, 15) is 10.2 Å². The maximum Gasteiger partial charge on any atom is 0.174 e. The van der Waals surface area contributed by atoms with Crippen LogP contribution in [0.3, 0.4) is 0 Å². The number of allylic oxidation sites excluding steroid dienone is 1. The van der Waals surface area contributed by atoms with Gasteiger partial charge in [0.1, 0.15) is 0 Å². The molecule has 4 aliphatic carbocycles. The average molecular weight is 348 g/mol. The molecule has 0 bridgehead atoms. The molecule has 140 valence electrons. The molecule has 4 nitrogen and oxygen atoms in total. The lowest BCUT2D eigenvalue weighted by Gasteiger charge is -2.60. The molecule has 1 saturated heterocycles. The summed E-state index contributed by atoms with van der Waals surface area (Å²) >= 11 is 0. The van der Waals surface area contributed by atoms with Gasteiger partial charge in [-0.3, -0.25) is 0 Å². The summed E-state index contributed by atoms with van der Waals surface area (Å²) in [5, 5.41) is 21.4. The summed E-state index contributed by atoms with van der Waals surface area (Å²) in [6.45, 7) is 6.03. The highest BCUT2D eigenvalue weighted by Crippen LogP contribution is 2.68. The van der Waals surface area contributed by atoms with Crippen molar-refractivity contribution in [2.24, 2.45) is 28.6 Å². The Labute approximate surface area is 150 Å². The van der Waals surface area contributed by atoms with E-state index >= 15 is 0 Å². The zero-order chi connectivity index (χ0) is 17.4. The number of aliphatic hydroxyl groups is 2. The van der Waals surface area contributed by atoms with Gasteiger partial charge in [0.15, 0.2) is 5.79 Å². The van der Waals surface area contributed by atoms with E-state index in [-0.39, 0.29) is 23.0 Å². The SMILES string of the molecule is C[C@]12CC[C@H](O)CC1=CC[C@@H]1[C@@H]2[C@@H](O)C[C@@]2(C)[C@H]1CCC21OCCO1. The monoisotopic (exact) mass is 348 g/mol. The van der Waals surface area contributed by atoms with Crippen LogP contribution in [0.4, 0.5) is 0 Å². The summed E-state index contributed by atoms with van der Waals surface area (Å²) in [4.78, 5) is 0. The molecule has 0 aromatic heterocycles. The minimum absolute atomic E-state index is 0.0516. The molecule has 4 heteroatoms. The summed E-state index contributed by atoms with van der Waals surface area (Å²) in [6.07, 6.45) is 8.49. The molecule has 2 N–H and O–H groups in total. The van der Waals surface area contributed by atoms with Crippen LogP contribution in [0.2, 0.25) is 0 Å². The van der Waals surface area contributed by atoms with Gasteiger partial charge in [0.05, 0.1) is 25.4 Å². The highest BCUT2D eigenvalue weighted by atomic mass is 16.7. The van der Waals surface area contributed by atoms with Gasteiger partial charge in [-0.05, 0) is 61.7 Å². The van der Waals surface area contributed by atoms with Gasteiger partial charge < -0.3 is 19.7 Å². The molecule has 25 heavy (non-hydrogen) atoms.